The molecule has 3 heteroatoms. The fourth-order valence-corrected chi connectivity index (χ4v) is 1.25. The van der Waals surface area contributed by atoms with Gasteiger partial charge in [0.15, 0.2) is 7.98 Å². The van der Waals surface area contributed by atoms with Crippen molar-refractivity contribution < 1.29 is 0 Å². The monoisotopic (exact) mass is 162 g/mol. The van der Waals surface area contributed by atoms with Gasteiger partial charge in [0.2, 0.25) is 0 Å². The van der Waals surface area contributed by atoms with Crippen LogP contribution in [0.4, 0.5) is 0 Å². The lowest BCUT2D eigenvalue weighted by molar-refractivity contribution is 0.654. The zero-order chi connectivity index (χ0) is 8.81. The van der Waals surface area contributed by atoms with Crippen LogP contribution in [0.25, 0.3) is 0 Å². The molecular weight excluding hydrogens is 147 g/mol. The molecule has 0 aliphatic carbocycles. The Bertz CT molecular complexity index is 213. The lowest BCUT2D eigenvalue weighted by Gasteiger charge is -2.10. The summed E-state index contributed by atoms with van der Waals surface area (Å²) in [5, 5.41) is 3.06. The Labute approximate surface area is 74.6 Å². The molecule has 1 rings (SSSR count). The fourth-order valence-electron chi connectivity index (χ4n) is 1.25. The van der Waals surface area contributed by atoms with Crippen molar-refractivity contribution in [1.29, 1.82) is 0 Å². The Morgan fingerprint density at radius 2 is 2.00 bits per heavy atom. The molecule has 0 aromatic heterocycles. The largest absolute Gasteiger partial charge is 0.361 e. The number of nitrogens with one attached hydrogen (secondary N) is 1. The minimum atomic E-state index is 0.220. The summed E-state index contributed by atoms with van der Waals surface area (Å²) in [6, 6.07) is 10.5. The normalized spacial score (nSPS) is 12.8. The van der Waals surface area contributed by atoms with E-state index in [1.165, 1.54) is 5.56 Å². The number of rotatable bonds is 4. The zero-order valence-corrected chi connectivity index (χ0v) is 7.46. The summed E-state index contributed by atoms with van der Waals surface area (Å²) in [5.41, 5.74) is 7.16. The summed E-state index contributed by atoms with van der Waals surface area (Å²) in [5.74, 6) is 0. The Morgan fingerprint density at radius 1 is 1.33 bits per heavy atom. The number of benzene rings is 1. The highest BCUT2D eigenvalue weighted by molar-refractivity contribution is 6.04. The van der Waals surface area contributed by atoms with Crippen LogP contribution in [0.15, 0.2) is 30.3 Å². The maximum atomic E-state index is 5.85. The topological polar surface area (TPSA) is 38.0 Å². The minimum absolute atomic E-state index is 0.220. The molecule has 64 valence electrons. The van der Waals surface area contributed by atoms with Crippen LogP contribution in [-0.4, -0.2) is 20.6 Å². The van der Waals surface area contributed by atoms with E-state index in [9.17, 15) is 0 Å². The lowest BCUT2D eigenvalue weighted by atomic mass is 10.1. The van der Waals surface area contributed by atoms with E-state index in [-0.39, 0.29) is 6.04 Å². The smallest absolute Gasteiger partial charge is 0.182 e. The van der Waals surface area contributed by atoms with Crippen LogP contribution in [0, 0.1) is 0 Å². The van der Waals surface area contributed by atoms with Gasteiger partial charge in [0.1, 0.15) is 0 Å². The molecule has 1 atom stereocenters. The van der Waals surface area contributed by atoms with Crippen molar-refractivity contribution in [3.05, 3.63) is 35.9 Å². The van der Waals surface area contributed by atoms with Crippen molar-refractivity contribution in [2.75, 3.05) is 6.54 Å². The predicted octanol–water partition coefficient (Wildman–Crippen LogP) is -0.306. The summed E-state index contributed by atoms with van der Waals surface area (Å²) in [7, 11) is 1.92. The van der Waals surface area contributed by atoms with Crippen LogP contribution in [-0.2, 0) is 6.42 Å². The van der Waals surface area contributed by atoms with Crippen LogP contribution in [0.5, 0.6) is 0 Å². The van der Waals surface area contributed by atoms with Gasteiger partial charge in [-0.2, -0.15) is 0 Å². The summed E-state index contributed by atoms with van der Waals surface area (Å²) in [6.45, 7) is 0.870. The molecule has 0 heterocycles. The summed E-state index contributed by atoms with van der Waals surface area (Å²) in [6.07, 6.45) is 0.946. The van der Waals surface area contributed by atoms with Gasteiger partial charge in [-0.15, -0.1) is 0 Å². The van der Waals surface area contributed by atoms with Gasteiger partial charge in [-0.25, -0.2) is 0 Å². The van der Waals surface area contributed by atoms with Crippen LogP contribution < -0.4 is 11.0 Å². The standard InChI is InChI=1S/C9H15BN2/c10-12-7-9(11)6-8-4-2-1-3-5-8/h1-5,9,12H,6-7,10-11H2. The Balaban J connectivity index is 2.41. The van der Waals surface area contributed by atoms with Crippen molar-refractivity contribution in [1.82, 2.24) is 5.23 Å². The van der Waals surface area contributed by atoms with E-state index >= 15 is 0 Å². The molecule has 1 unspecified atom stereocenters. The van der Waals surface area contributed by atoms with E-state index in [0.717, 1.165) is 13.0 Å². The highest BCUT2D eigenvalue weighted by Crippen LogP contribution is 2.00. The predicted molar refractivity (Wildman–Crippen MR) is 54.7 cm³/mol. The van der Waals surface area contributed by atoms with Gasteiger partial charge in [-0.05, 0) is 12.0 Å². The Morgan fingerprint density at radius 3 is 2.58 bits per heavy atom. The molecule has 3 N–H and O–H groups in total. The van der Waals surface area contributed by atoms with Crippen LogP contribution in [0.2, 0.25) is 0 Å². The third-order valence-electron chi connectivity index (χ3n) is 1.81. The molecule has 0 aliphatic rings. The van der Waals surface area contributed by atoms with Gasteiger partial charge in [0.25, 0.3) is 0 Å². The van der Waals surface area contributed by atoms with Crippen LogP contribution in [0.1, 0.15) is 5.56 Å². The van der Waals surface area contributed by atoms with Gasteiger partial charge in [-0.1, -0.05) is 30.3 Å². The first-order chi connectivity index (χ1) is 5.83. The third kappa shape index (κ3) is 3.07. The van der Waals surface area contributed by atoms with Crippen molar-refractivity contribution in [3.8, 4) is 0 Å². The van der Waals surface area contributed by atoms with E-state index in [1.807, 2.05) is 26.2 Å². The summed E-state index contributed by atoms with van der Waals surface area (Å²) < 4.78 is 0. The number of hydrogen-bond acceptors (Lipinski definition) is 2. The SMILES string of the molecule is BNCC(N)Cc1ccccc1. The van der Waals surface area contributed by atoms with Crippen molar-refractivity contribution in [3.63, 3.8) is 0 Å². The molecule has 0 aliphatic heterocycles. The van der Waals surface area contributed by atoms with E-state index < -0.39 is 0 Å². The van der Waals surface area contributed by atoms with Gasteiger partial charge in [-0.3, -0.25) is 0 Å². The first-order valence-electron chi connectivity index (χ1n) is 4.27. The lowest BCUT2D eigenvalue weighted by Crippen LogP contribution is -2.34. The van der Waals surface area contributed by atoms with E-state index in [0.29, 0.717) is 0 Å². The first-order valence-corrected chi connectivity index (χ1v) is 4.27. The Hall–Kier alpha value is -0.795. The average Bonchev–Trinajstić information content (AvgIpc) is 2.06. The molecule has 0 saturated heterocycles. The third-order valence-corrected chi connectivity index (χ3v) is 1.81. The second-order valence-corrected chi connectivity index (χ2v) is 3.01. The molecule has 0 amide bonds. The molecule has 0 bridgehead atoms. The van der Waals surface area contributed by atoms with Crippen molar-refractivity contribution in [2.45, 2.75) is 12.5 Å². The van der Waals surface area contributed by atoms with Crippen LogP contribution >= 0.6 is 0 Å². The fraction of sp³-hybridized carbons (Fsp3) is 0.333. The quantitative estimate of drug-likeness (QED) is 0.596. The summed E-state index contributed by atoms with van der Waals surface area (Å²) in [4.78, 5) is 0. The minimum Gasteiger partial charge on any atom is -0.361 e. The first kappa shape index (κ1) is 9.29. The van der Waals surface area contributed by atoms with Crippen LogP contribution in [0.3, 0.4) is 0 Å². The Kier molecular flexibility index (Phi) is 3.84. The second-order valence-electron chi connectivity index (χ2n) is 3.01. The molecule has 12 heavy (non-hydrogen) atoms. The van der Waals surface area contributed by atoms with E-state index in [1.54, 1.807) is 0 Å². The van der Waals surface area contributed by atoms with Gasteiger partial charge >= 0.3 is 0 Å². The zero-order valence-electron chi connectivity index (χ0n) is 7.46. The maximum Gasteiger partial charge on any atom is 0.182 e. The van der Waals surface area contributed by atoms with Crippen molar-refractivity contribution in [2.24, 2.45) is 5.73 Å². The summed E-state index contributed by atoms with van der Waals surface area (Å²) >= 11 is 0. The number of hydrogen-bond donors (Lipinski definition) is 2. The molecule has 1 aromatic carbocycles. The molecule has 1 aromatic rings. The van der Waals surface area contributed by atoms with Gasteiger partial charge in [0.05, 0.1) is 0 Å². The van der Waals surface area contributed by atoms with Gasteiger partial charge in [0, 0.05) is 12.6 Å². The highest BCUT2D eigenvalue weighted by Gasteiger charge is 2.00. The maximum absolute atomic E-state index is 5.85. The van der Waals surface area contributed by atoms with E-state index in [2.05, 4.69) is 17.4 Å². The van der Waals surface area contributed by atoms with Gasteiger partial charge < -0.3 is 11.0 Å². The molecule has 2 nitrogen and oxygen atoms in total. The molecule has 0 saturated carbocycles. The molecular formula is C9H15BN2. The molecule has 0 radical (unpaired) electrons. The highest BCUT2D eigenvalue weighted by atomic mass is 14.8. The van der Waals surface area contributed by atoms with Crippen molar-refractivity contribution >= 4 is 7.98 Å². The van der Waals surface area contributed by atoms with E-state index in [4.69, 9.17) is 5.73 Å². The molecule has 0 spiro atoms. The molecule has 0 fully saturated rings. The average molecular weight is 162 g/mol. The second kappa shape index (κ2) is 4.96. The number of nitrogens with two attached hydrogens (primary N) is 1.